The average Bonchev–Trinajstić information content (AvgIpc) is 2.40. The standard InChI is InChI=1S/C15H15IN2O2/c1-10-4-3-5-13(6-10)20-9-14(19)18-15-11(2)7-12(16)8-17-15/h3-8H,9H2,1-2H3,(H,17,18,19). The molecule has 0 saturated heterocycles. The number of pyridine rings is 1. The van der Waals surface area contributed by atoms with Crippen LogP contribution in [-0.4, -0.2) is 17.5 Å². The van der Waals surface area contributed by atoms with Crippen LogP contribution in [0.2, 0.25) is 0 Å². The maximum absolute atomic E-state index is 11.8. The Morgan fingerprint density at radius 3 is 2.85 bits per heavy atom. The first-order valence-corrected chi connectivity index (χ1v) is 7.24. The van der Waals surface area contributed by atoms with Crippen molar-refractivity contribution in [2.75, 3.05) is 11.9 Å². The van der Waals surface area contributed by atoms with Gasteiger partial charge in [-0.3, -0.25) is 4.79 Å². The molecule has 1 amide bonds. The fourth-order valence-electron chi connectivity index (χ4n) is 1.69. The highest BCUT2D eigenvalue weighted by atomic mass is 127. The summed E-state index contributed by atoms with van der Waals surface area (Å²) in [5.41, 5.74) is 2.03. The second-order valence-electron chi connectivity index (χ2n) is 4.47. The van der Waals surface area contributed by atoms with Gasteiger partial charge in [0.15, 0.2) is 6.61 Å². The van der Waals surface area contributed by atoms with Crippen molar-refractivity contribution in [1.29, 1.82) is 0 Å². The Morgan fingerprint density at radius 1 is 1.35 bits per heavy atom. The number of anilines is 1. The van der Waals surface area contributed by atoms with Gasteiger partial charge in [0.05, 0.1) is 0 Å². The van der Waals surface area contributed by atoms with Gasteiger partial charge in [-0.15, -0.1) is 0 Å². The zero-order valence-corrected chi connectivity index (χ0v) is 13.5. The number of rotatable bonds is 4. The predicted molar refractivity (Wildman–Crippen MR) is 87.0 cm³/mol. The van der Waals surface area contributed by atoms with Gasteiger partial charge in [0.2, 0.25) is 0 Å². The lowest BCUT2D eigenvalue weighted by Crippen LogP contribution is -2.21. The summed E-state index contributed by atoms with van der Waals surface area (Å²) < 4.78 is 6.48. The Balaban J connectivity index is 1.92. The third kappa shape index (κ3) is 4.19. The van der Waals surface area contributed by atoms with Crippen LogP contribution in [0.1, 0.15) is 11.1 Å². The Kier molecular flexibility index (Phi) is 4.94. The second kappa shape index (κ2) is 6.69. The highest BCUT2D eigenvalue weighted by Gasteiger charge is 2.07. The van der Waals surface area contributed by atoms with Gasteiger partial charge in [0, 0.05) is 9.77 Å². The lowest BCUT2D eigenvalue weighted by atomic mass is 10.2. The molecular weight excluding hydrogens is 367 g/mol. The number of carbonyl (C=O) groups excluding carboxylic acids is 1. The van der Waals surface area contributed by atoms with Crippen LogP contribution in [0.15, 0.2) is 36.5 Å². The molecule has 0 unspecified atom stereocenters. The highest BCUT2D eigenvalue weighted by molar-refractivity contribution is 14.1. The Bertz CT molecular complexity index is 629. The van der Waals surface area contributed by atoms with E-state index in [4.69, 9.17) is 4.74 Å². The number of aryl methyl sites for hydroxylation is 2. The van der Waals surface area contributed by atoms with Crippen molar-refractivity contribution < 1.29 is 9.53 Å². The van der Waals surface area contributed by atoms with Crippen LogP contribution >= 0.6 is 22.6 Å². The van der Waals surface area contributed by atoms with E-state index in [2.05, 4.69) is 32.9 Å². The third-order valence-electron chi connectivity index (χ3n) is 2.66. The van der Waals surface area contributed by atoms with Gasteiger partial charge in [-0.2, -0.15) is 0 Å². The van der Waals surface area contributed by atoms with E-state index in [-0.39, 0.29) is 12.5 Å². The summed E-state index contributed by atoms with van der Waals surface area (Å²) in [6.45, 7) is 3.86. The van der Waals surface area contributed by atoms with Crippen LogP contribution in [0.5, 0.6) is 5.75 Å². The quantitative estimate of drug-likeness (QED) is 0.826. The van der Waals surface area contributed by atoms with E-state index in [9.17, 15) is 4.79 Å². The van der Waals surface area contributed by atoms with Crippen molar-refractivity contribution >= 4 is 34.3 Å². The van der Waals surface area contributed by atoms with E-state index in [1.807, 2.05) is 44.2 Å². The number of hydrogen-bond donors (Lipinski definition) is 1. The number of nitrogens with zero attached hydrogens (tertiary/aromatic N) is 1. The molecule has 0 aliphatic rings. The molecule has 0 saturated carbocycles. The molecule has 20 heavy (non-hydrogen) atoms. The summed E-state index contributed by atoms with van der Waals surface area (Å²) >= 11 is 2.18. The van der Waals surface area contributed by atoms with Crippen LogP contribution in [0.25, 0.3) is 0 Å². The first kappa shape index (κ1) is 14.8. The summed E-state index contributed by atoms with van der Waals surface area (Å²) in [6.07, 6.45) is 1.71. The summed E-state index contributed by atoms with van der Waals surface area (Å²) in [6, 6.07) is 9.56. The summed E-state index contributed by atoms with van der Waals surface area (Å²) in [5.74, 6) is 1.04. The molecule has 4 nitrogen and oxygen atoms in total. The van der Waals surface area contributed by atoms with E-state index in [0.717, 1.165) is 14.7 Å². The fraction of sp³-hybridized carbons (Fsp3) is 0.200. The van der Waals surface area contributed by atoms with Crippen LogP contribution in [0, 0.1) is 17.4 Å². The van der Waals surface area contributed by atoms with Gasteiger partial charge < -0.3 is 10.1 Å². The monoisotopic (exact) mass is 382 g/mol. The van der Waals surface area contributed by atoms with Crippen molar-refractivity contribution in [3.63, 3.8) is 0 Å². The molecule has 2 rings (SSSR count). The van der Waals surface area contributed by atoms with Crippen molar-refractivity contribution in [2.24, 2.45) is 0 Å². The average molecular weight is 382 g/mol. The lowest BCUT2D eigenvalue weighted by molar-refractivity contribution is -0.118. The van der Waals surface area contributed by atoms with Crippen LogP contribution in [0.4, 0.5) is 5.82 Å². The molecular formula is C15H15IN2O2. The van der Waals surface area contributed by atoms with Crippen molar-refractivity contribution in [3.05, 3.63) is 51.2 Å². The number of benzene rings is 1. The van der Waals surface area contributed by atoms with E-state index < -0.39 is 0 Å². The topological polar surface area (TPSA) is 51.2 Å². The smallest absolute Gasteiger partial charge is 0.263 e. The maximum atomic E-state index is 11.8. The number of carbonyl (C=O) groups is 1. The van der Waals surface area contributed by atoms with Crippen molar-refractivity contribution in [2.45, 2.75) is 13.8 Å². The fourth-order valence-corrected chi connectivity index (χ4v) is 2.30. The largest absolute Gasteiger partial charge is 0.484 e. The molecule has 1 N–H and O–H groups in total. The third-order valence-corrected chi connectivity index (χ3v) is 3.25. The molecule has 1 heterocycles. The molecule has 104 valence electrons. The maximum Gasteiger partial charge on any atom is 0.263 e. The van der Waals surface area contributed by atoms with Crippen LogP contribution in [-0.2, 0) is 4.79 Å². The Hall–Kier alpha value is -1.63. The zero-order valence-electron chi connectivity index (χ0n) is 11.3. The number of aromatic nitrogens is 1. The molecule has 1 aromatic carbocycles. The first-order chi connectivity index (χ1) is 9.54. The first-order valence-electron chi connectivity index (χ1n) is 6.16. The van der Waals surface area contributed by atoms with Gasteiger partial charge in [-0.25, -0.2) is 4.98 Å². The second-order valence-corrected chi connectivity index (χ2v) is 5.72. The summed E-state index contributed by atoms with van der Waals surface area (Å²) in [7, 11) is 0. The van der Waals surface area contributed by atoms with Gasteiger partial charge in [-0.1, -0.05) is 12.1 Å². The van der Waals surface area contributed by atoms with Crippen LogP contribution < -0.4 is 10.1 Å². The van der Waals surface area contributed by atoms with E-state index in [1.54, 1.807) is 6.20 Å². The Morgan fingerprint density at radius 2 is 2.15 bits per heavy atom. The summed E-state index contributed by atoms with van der Waals surface area (Å²) in [4.78, 5) is 16.0. The Labute approximate surface area is 131 Å². The minimum absolute atomic E-state index is 0.0312. The van der Waals surface area contributed by atoms with Crippen molar-refractivity contribution in [1.82, 2.24) is 4.98 Å². The number of amides is 1. The molecule has 0 radical (unpaired) electrons. The zero-order chi connectivity index (χ0) is 14.5. The number of halogens is 1. The van der Waals surface area contributed by atoms with Gasteiger partial charge >= 0.3 is 0 Å². The van der Waals surface area contributed by atoms with E-state index in [1.165, 1.54) is 0 Å². The molecule has 0 atom stereocenters. The molecule has 5 heteroatoms. The van der Waals surface area contributed by atoms with E-state index in [0.29, 0.717) is 11.6 Å². The minimum atomic E-state index is -0.219. The summed E-state index contributed by atoms with van der Waals surface area (Å²) in [5, 5.41) is 2.74. The molecule has 2 aromatic rings. The molecule has 0 bridgehead atoms. The SMILES string of the molecule is Cc1cccc(OCC(=O)Nc2ncc(I)cc2C)c1. The number of hydrogen-bond acceptors (Lipinski definition) is 3. The lowest BCUT2D eigenvalue weighted by Gasteiger charge is -2.09. The highest BCUT2D eigenvalue weighted by Crippen LogP contribution is 2.15. The van der Waals surface area contributed by atoms with Gasteiger partial charge in [-0.05, 0) is 65.8 Å². The molecule has 1 aromatic heterocycles. The molecule has 0 spiro atoms. The number of nitrogens with one attached hydrogen (secondary N) is 1. The predicted octanol–water partition coefficient (Wildman–Crippen LogP) is 3.32. The van der Waals surface area contributed by atoms with Crippen molar-refractivity contribution in [3.8, 4) is 5.75 Å². The van der Waals surface area contributed by atoms with Gasteiger partial charge in [0.1, 0.15) is 11.6 Å². The normalized spacial score (nSPS) is 10.2. The molecule has 0 fully saturated rings. The molecule has 0 aliphatic heterocycles. The van der Waals surface area contributed by atoms with E-state index >= 15 is 0 Å². The minimum Gasteiger partial charge on any atom is -0.484 e. The van der Waals surface area contributed by atoms with Gasteiger partial charge in [0.25, 0.3) is 5.91 Å². The number of ether oxygens (including phenoxy) is 1. The molecule has 0 aliphatic carbocycles. The van der Waals surface area contributed by atoms with Crippen LogP contribution in [0.3, 0.4) is 0 Å².